The Balaban J connectivity index is 1.48. The number of hydrogen-bond acceptors (Lipinski definition) is 6. The molecule has 0 saturated heterocycles. The molecule has 27 heavy (non-hydrogen) atoms. The standard InChI is InChI=1S/C18H15ClFN3O3S/c1-11-3-2-4-13(7-11)25-9-17-22-23-18(26-17)27-10-16(24)21-15-6-5-12(19)8-14(15)20/h2-8H,9-10H2,1H3,(H,21,24). The van der Waals surface area contributed by atoms with Crippen LogP contribution < -0.4 is 10.1 Å². The first kappa shape index (κ1) is 19.2. The first-order valence-corrected chi connectivity index (χ1v) is 9.25. The molecule has 0 aliphatic rings. The van der Waals surface area contributed by atoms with Gasteiger partial charge < -0.3 is 14.5 Å². The highest BCUT2D eigenvalue weighted by atomic mass is 35.5. The van der Waals surface area contributed by atoms with Gasteiger partial charge in [-0.3, -0.25) is 4.79 Å². The number of benzene rings is 2. The van der Waals surface area contributed by atoms with Crippen LogP contribution in [0.1, 0.15) is 11.5 Å². The Morgan fingerprint density at radius 3 is 2.93 bits per heavy atom. The van der Waals surface area contributed by atoms with Crippen LogP contribution in [0.25, 0.3) is 0 Å². The van der Waals surface area contributed by atoms with Crippen LogP contribution in [0.2, 0.25) is 5.02 Å². The van der Waals surface area contributed by atoms with Gasteiger partial charge in [-0.1, -0.05) is 35.5 Å². The fourth-order valence-electron chi connectivity index (χ4n) is 2.11. The lowest BCUT2D eigenvalue weighted by Crippen LogP contribution is -2.15. The van der Waals surface area contributed by atoms with Crippen molar-refractivity contribution < 1.29 is 18.3 Å². The summed E-state index contributed by atoms with van der Waals surface area (Å²) in [7, 11) is 0. The minimum absolute atomic E-state index is 0.0115. The van der Waals surface area contributed by atoms with Gasteiger partial charge >= 0.3 is 0 Å². The van der Waals surface area contributed by atoms with Crippen LogP contribution in [0, 0.1) is 12.7 Å². The number of nitrogens with one attached hydrogen (secondary N) is 1. The Hall–Kier alpha value is -2.58. The topological polar surface area (TPSA) is 77.2 Å². The number of carbonyl (C=O) groups excluding carboxylic acids is 1. The van der Waals surface area contributed by atoms with E-state index in [1.807, 2.05) is 31.2 Å². The molecule has 0 radical (unpaired) electrons. The van der Waals surface area contributed by atoms with Gasteiger partial charge in [0.25, 0.3) is 11.1 Å². The summed E-state index contributed by atoms with van der Waals surface area (Å²) in [6, 6.07) is 11.6. The largest absolute Gasteiger partial charge is 0.484 e. The minimum Gasteiger partial charge on any atom is -0.484 e. The van der Waals surface area contributed by atoms with Gasteiger partial charge in [0.1, 0.15) is 11.6 Å². The highest BCUT2D eigenvalue weighted by Crippen LogP contribution is 2.21. The molecule has 0 aliphatic heterocycles. The molecule has 0 atom stereocenters. The summed E-state index contributed by atoms with van der Waals surface area (Å²) in [4.78, 5) is 11.9. The average Bonchev–Trinajstić information content (AvgIpc) is 3.09. The quantitative estimate of drug-likeness (QED) is 0.582. The van der Waals surface area contributed by atoms with E-state index in [-0.39, 0.29) is 28.3 Å². The van der Waals surface area contributed by atoms with Crippen molar-refractivity contribution in [3.05, 3.63) is 64.8 Å². The Morgan fingerprint density at radius 2 is 2.15 bits per heavy atom. The minimum atomic E-state index is -0.603. The van der Waals surface area contributed by atoms with Gasteiger partial charge in [-0.2, -0.15) is 0 Å². The number of hydrogen-bond donors (Lipinski definition) is 1. The van der Waals surface area contributed by atoms with Crippen molar-refractivity contribution >= 4 is 35.0 Å². The summed E-state index contributed by atoms with van der Waals surface area (Å²) in [5.41, 5.74) is 1.14. The van der Waals surface area contributed by atoms with E-state index in [0.717, 1.165) is 23.4 Å². The molecule has 1 N–H and O–H groups in total. The molecule has 3 rings (SSSR count). The highest BCUT2D eigenvalue weighted by molar-refractivity contribution is 7.99. The maximum Gasteiger partial charge on any atom is 0.277 e. The molecular formula is C18H15ClFN3O3S. The van der Waals surface area contributed by atoms with Crippen LogP contribution in [0.15, 0.2) is 52.1 Å². The fraction of sp³-hybridized carbons (Fsp3) is 0.167. The first-order valence-electron chi connectivity index (χ1n) is 7.89. The number of rotatable bonds is 7. The molecule has 0 unspecified atom stereocenters. The van der Waals surface area contributed by atoms with E-state index in [9.17, 15) is 9.18 Å². The molecule has 0 saturated carbocycles. The number of thioether (sulfide) groups is 1. The van der Waals surface area contributed by atoms with Gasteiger partial charge in [0, 0.05) is 5.02 Å². The summed E-state index contributed by atoms with van der Waals surface area (Å²) < 4.78 is 24.7. The molecule has 2 aromatic carbocycles. The molecule has 1 aromatic heterocycles. The van der Waals surface area contributed by atoms with E-state index in [0.29, 0.717) is 11.6 Å². The van der Waals surface area contributed by atoms with Crippen LogP contribution in [0.5, 0.6) is 5.75 Å². The molecule has 1 heterocycles. The van der Waals surface area contributed by atoms with Crippen LogP contribution in [0.4, 0.5) is 10.1 Å². The zero-order valence-electron chi connectivity index (χ0n) is 14.2. The third kappa shape index (κ3) is 5.70. The van der Waals surface area contributed by atoms with Crippen LogP contribution >= 0.6 is 23.4 Å². The summed E-state index contributed by atoms with van der Waals surface area (Å²) in [6.45, 7) is 2.09. The van der Waals surface area contributed by atoms with Gasteiger partial charge in [-0.25, -0.2) is 4.39 Å². The third-order valence-electron chi connectivity index (χ3n) is 3.33. The molecule has 9 heteroatoms. The van der Waals surface area contributed by atoms with Gasteiger partial charge in [0.05, 0.1) is 11.4 Å². The SMILES string of the molecule is Cc1cccc(OCc2nnc(SCC(=O)Nc3ccc(Cl)cc3F)o2)c1. The number of amides is 1. The van der Waals surface area contributed by atoms with Crippen molar-refractivity contribution in [1.29, 1.82) is 0 Å². The van der Waals surface area contributed by atoms with Crippen LogP contribution in [-0.2, 0) is 11.4 Å². The molecule has 3 aromatic rings. The molecule has 1 amide bonds. The van der Waals surface area contributed by atoms with Crippen LogP contribution in [-0.4, -0.2) is 21.9 Å². The molecule has 6 nitrogen and oxygen atoms in total. The van der Waals surface area contributed by atoms with Crippen molar-refractivity contribution in [2.45, 2.75) is 18.8 Å². The lowest BCUT2D eigenvalue weighted by atomic mass is 10.2. The second-order valence-corrected chi connectivity index (χ2v) is 6.89. The number of halogens is 2. The maximum atomic E-state index is 13.7. The monoisotopic (exact) mass is 407 g/mol. The van der Waals surface area contributed by atoms with E-state index in [4.69, 9.17) is 20.8 Å². The summed E-state index contributed by atoms with van der Waals surface area (Å²) in [5.74, 6) is -0.0243. The Kier molecular flexibility index (Phi) is 6.31. The second-order valence-electron chi connectivity index (χ2n) is 5.53. The number of carbonyl (C=O) groups is 1. The molecular weight excluding hydrogens is 393 g/mol. The highest BCUT2D eigenvalue weighted by Gasteiger charge is 2.12. The van der Waals surface area contributed by atoms with Gasteiger partial charge in [-0.05, 0) is 42.8 Å². The van der Waals surface area contributed by atoms with E-state index < -0.39 is 11.7 Å². The van der Waals surface area contributed by atoms with Crippen molar-refractivity contribution in [2.24, 2.45) is 0 Å². The van der Waals surface area contributed by atoms with E-state index >= 15 is 0 Å². The smallest absolute Gasteiger partial charge is 0.277 e. The zero-order chi connectivity index (χ0) is 19.2. The number of nitrogens with zero attached hydrogens (tertiary/aromatic N) is 2. The lowest BCUT2D eigenvalue weighted by molar-refractivity contribution is -0.113. The predicted molar refractivity (Wildman–Crippen MR) is 101 cm³/mol. The number of aromatic nitrogens is 2. The normalized spacial score (nSPS) is 10.6. The Bertz CT molecular complexity index is 951. The molecule has 0 fully saturated rings. The Morgan fingerprint density at radius 1 is 1.30 bits per heavy atom. The molecule has 0 aliphatic carbocycles. The van der Waals surface area contributed by atoms with Crippen molar-refractivity contribution in [3.8, 4) is 5.75 Å². The van der Waals surface area contributed by atoms with E-state index in [2.05, 4.69) is 15.5 Å². The Labute approximate surface area is 164 Å². The summed E-state index contributed by atoms with van der Waals surface area (Å²) in [5, 5.41) is 10.7. The van der Waals surface area contributed by atoms with Crippen molar-refractivity contribution in [1.82, 2.24) is 10.2 Å². The number of aryl methyl sites for hydroxylation is 1. The van der Waals surface area contributed by atoms with E-state index in [1.165, 1.54) is 12.1 Å². The lowest BCUT2D eigenvalue weighted by Gasteiger charge is -2.05. The maximum absolute atomic E-state index is 13.7. The molecule has 0 bridgehead atoms. The van der Waals surface area contributed by atoms with Gasteiger partial charge in [0.2, 0.25) is 5.91 Å². The zero-order valence-corrected chi connectivity index (χ0v) is 15.8. The van der Waals surface area contributed by atoms with Crippen LogP contribution in [0.3, 0.4) is 0 Å². The van der Waals surface area contributed by atoms with E-state index in [1.54, 1.807) is 0 Å². The predicted octanol–water partition coefficient (Wildman–Crippen LogP) is 4.48. The molecule has 140 valence electrons. The molecule has 0 spiro atoms. The van der Waals surface area contributed by atoms with Gasteiger partial charge in [0.15, 0.2) is 6.61 Å². The van der Waals surface area contributed by atoms with Gasteiger partial charge in [-0.15, -0.1) is 10.2 Å². The summed E-state index contributed by atoms with van der Waals surface area (Å²) in [6.07, 6.45) is 0. The van der Waals surface area contributed by atoms with Crippen molar-refractivity contribution in [2.75, 3.05) is 11.1 Å². The number of ether oxygens (including phenoxy) is 1. The summed E-state index contributed by atoms with van der Waals surface area (Å²) >= 11 is 6.72. The number of anilines is 1. The fourth-order valence-corrected chi connectivity index (χ4v) is 2.85. The third-order valence-corrected chi connectivity index (χ3v) is 4.39. The first-order chi connectivity index (χ1) is 13.0. The van der Waals surface area contributed by atoms with Crippen molar-refractivity contribution in [3.63, 3.8) is 0 Å². The average molecular weight is 408 g/mol. The second kappa shape index (κ2) is 8.88.